The summed E-state index contributed by atoms with van der Waals surface area (Å²) in [5.74, 6) is 0. The minimum absolute atomic E-state index is 0.00990. The second-order valence-corrected chi connectivity index (χ2v) is 4.66. The fraction of sp³-hybridized carbons (Fsp3) is 0.667. The monoisotopic (exact) mass is 243 g/mol. The predicted octanol–water partition coefficient (Wildman–Crippen LogP) is 1.91. The van der Waals surface area contributed by atoms with Crippen LogP contribution in [-0.4, -0.2) is 27.3 Å². The lowest BCUT2D eigenvalue weighted by Crippen LogP contribution is -2.28. The van der Waals surface area contributed by atoms with Crippen LogP contribution >= 0.6 is 23.3 Å². The Morgan fingerprint density at radius 3 is 2.71 bits per heavy atom. The average Bonchev–Trinajstić information content (AvgIpc) is 2.54. The van der Waals surface area contributed by atoms with Crippen molar-refractivity contribution in [2.75, 3.05) is 6.54 Å². The van der Waals surface area contributed by atoms with Crippen LogP contribution in [0.5, 0.6) is 0 Å². The number of aromatic nitrogens is 2. The number of nitrogens with two attached hydrogens (primary N) is 1. The van der Waals surface area contributed by atoms with E-state index in [1.807, 2.05) is 0 Å². The number of rotatable bonds is 4. The van der Waals surface area contributed by atoms with E-state index in [1.54, 1.807) is 0 Å². The quantitative estimate of drug-likeness (QED) is 0.821. The molecule has 3 nitrogen and oxygen atoms in total. The van der Waals surface area contributed by atoms with Crippen molar-refractivity contribution in [3.8, 4) is 0 Å². The van der Waals surface area contributed by atoms with Gasteiger partial charge in [0.1, 0.15) is 11.6 Å². The summed E-state index contributed by atoms with van der Waals surface area (Å²) in [5, 5.41) is -1.49. The van der Waals surface area contributed by atoms with Gasteiger partial charge in [-0.15, -0.1) is 0 Å². The first-order chi connectivity index (χ1) is 6.54. The highest BCUT2D eigenvalue weighted by atomic mass is 32.2. The summed E-state index contributed by atoms with van der Waals surface area (Å²) in [4.78, 5) is 3.68. The Morgan fingerprint density at radius 2 is 2.29 bits per heavy atom. The van der Waals surface area contributed by atoms with Gasteiger partial charge in [-0.1, -0.05) is 11.8 Å². The van der Waals surface area contributed by atoms with Crippen LogP contribution in [0.15, 0.2) is 10.7 Å². The van der Waals surface area contributed by atoms with Gasteiger partial charge in [-0.3, -0.25) is 0 Å². The maximum absolute atomic E-state index is 12.4. The van der Waals surface area contributed by atoms with Crippen LogP contribution in [0.1, 0.15) is 6.42 Å². The molecule has 1 heterocycles. The highest BCUT2D eigenvalue weighted by molar-refractivity contribution is 8.01. The lowest BCUT2D eigenvalue weighted by atomic mass is 10.3. The van der Waals surface area contributed by atoms with Gasteiger partial charge >= 0.3 is 6.18 Å². The fourth-order valence-electron chi connectivity index (χ4n) is 0.777. The van der Waals surface area contributed by atoms with Gasteiger partial charge in [-0.2, -0.15) is 17.5 Å². The van der Waals surface area contributed by atoms with Gasteiger partial charge < -0.3 is 5.73 Å². The first-order valence-corrected chi connectivity index (χ1v) is 5.39. The van der Waals surface area contributed by atoms with Gasteiger partial charge in [0, 0.05) is 0 Å². The highest BCUT2D eigenvalue weighted by Gasteiger charge is 2.40. The molecule has 2 N–H and O–H groups in total. The van der Waals surface area contributed by atoms with Crippen LogP contribution in [-0.2, 0) is 0 Å². The van der Waals surface area contributed by atoms with Crippen LogP contribution in [0.2, 0.25) is 0 Å². The van der Waals surface area contributed by atoms with E-state index < -0.39 is 11.4 Å². The van der Waals surface area contributed by atoms with E-state index in [9.17, 15) is 13.2 Å². The van der Waals surface area contributed by atoms with Crippen LogP contribution in [0.25, 0.3) is 0 Å². The zero-order chi connectivity index (χ0) is 10.6. The molecule has 1 unspecified atom stereocenters. The number of alkyl halides is 3. The van der Waals surface area contributed by atoms with E-state index >= 15 is 0 Å². The summed E-state index contributed by atoms with van der Waals surface area (Å²) in [6, 6.07) is 0. The maximum Gasteiger partial charge on any atom is 0.401 e. The molecule has 1 rings (SSSR count). The molecule has 8 heteroatoms. The Balaban J connectivity index is 2.60. The number of halogens is 3. The van der Waals surface area contributed by atoms with Crippen molar-refractivity contribution in [2.24, 2.45) is 5.73 Å². The van der Waals surface area contributed by atoms with Crippen LogP contribution in [0.3, 0.4) is 0 Å². The normalized spacial score (nSPS) is 14.3. The van der Waals surface area contributed by atoms with Gasteiger partial charge in [-0.05, 0) is 24.5 Å². The van der Waals surface area contributed by atoms with E-state index in [0.29, 0.717) is 16.1 Å². The summed E-state index contributed by atoms with van der Waals surface area (Å²) in [6.07, 6.45) is -3.10. The third kappa shape index (κ3) is 3.43. The summed E-state index contributed by atoms with van der Waals surface area (Å²) in [5.41, 5.74) is 5.11. The molecule has 0 radical (unpaired) electrons. The van der Waals surface area contributed by atoms with Crippen molar-refractivity contribution in [2.45, 2.75) is 22.2 Å². The van der Waals surface area contributed by atoms with Crippen LogP contribution < -0.4 is 5.73 Å². The number of nitrogens with zero attached hydrogens (tertiary/aromatic N) is 2. The Kier molecular flexibility index (Phi) is 4.14. The van der Waals surface area contributed by atoms with E-state index in [0.717, 1.165) is 11.5 Å². The molecule has 1 atom stereocenters. The van der Waals surface area contributed by atoms with Gasteiger partial charge in [0.15, 0.2) is 4.34 Å². The molecule has 1 aromatic heterocycles. The summed E-state index contributed by atoms with van der Waals surface area (Å²) < 4.78 is 41.1. The van der Waals surface area contributed by atoms with Crippen molar-refractivity contribution in [1.29, 1.82) is 0 Å². The van der Waals surface area contributed by atoms with Crippen molar-refractivity contribution in [3.05, 3.63) is 6.33 Å². The molecule has 0 aliphatic heterocycles. The second-order valence-electron chi connectivity index (χ2n) is 2.43. The molecule has 0 aliphatic rings. The molecule has 0 aliphatic carbocycles. The standard InChI is InChI=1S/C6H8F3N3S2/c7-6(8,9)4(1-2-10)13-5-11-3-12-14-5/h3-4H,1-2,10H2. The van der Waals surface area contributed by atoms with Gasteiger partial charge in [-0.25, -0.2) is 4.98 Å². The second kappa shape index (κ2) is 4.94. The van der Waals surface area contributed by atoms with Crippen LogP contribution in [0, 0.1) is 0 Å². The van der Waals surface area contributed by atoms with Gasteiger partial charge in [0.2, 0.25) is 0 Å². The van der Waals surface area contributed by atoms with E-state index in [4.69, 9.17) is 5.73 Å². The van der Waals surface area contributed by atoms with Crippen molar-refractivity contribution < 1.29 is 13.2 Å². The first-order valence-electron chi connectivity index (χ1n) is 3.74. The van der Waals surface area contributed by atoms with E-state index in [-0.39, 0.29) is 13.0 Å². The fourth-order valence-corrected chi connectivity index (χ4v) is 2.44. The lowest BCUT2D eigenvalue weighted by Gasteiger charge is -2.17. The molecule has 0 bridgehead atoms. The molecule has 0 aromatic carbocycles. The zero-order valence-electron chi connectivity index (χ0n) is 6.99. The summed E-state index contributed by atoms with van der Waals surface area (Å²) >= 11 is 1.62. The van der Waals surface area contributed by atoms with Crippen molar-refractivity contribution in [1.82, 2.24) is 9.36 Å². The zero-order valence-corrected chi connectivity index (χ0v) is 8.62. The van der Waals surface area contributed by atoms with Crippen molar-refractivity contribution in [3.63, 3.8) is 0 Å². The minimum Gasteiger partial charge on any atom is -0.330 e. The molecule has 0 amide bonds. The summed E-state index contributed by atoms with van der Waals surface area (Å²) in [6.45, 7) is 0.00990. The number of hydrogen-bond acceptors (Lipinski definition) is 5. The van der Waals surface area contributed by atoms with E-state index in [1.165, 1.54) is 6.33 Å². The SMILES string of the molecule is NCCC(Sc1ncns1)C(F)(F)F. The molecular weight excluding hydrogens is 235 g/mol. The van der Waals surface area contributed by atoms with E-state index in [2.05, 4.69) is 9.36 Å². The van der Waals surface area contributed by atoms with Gasteiger partial charge in [0.25, 0.3) is 0 Å². The highest BCUT2D eigenvalue weighted by Crippen LogP contribution is 2.37. The molecule has 1 aromatic rings. The Morgan fingerprint density at radius 1 is 1.57 bits per heavy atom. The minimum atomic E-state index is -4.24. The molecule has 0 saturated heterocycles. The molecule has 0 saturated carbocycles. The maximum atomic E-state index is 12.4. The van der Waals surface area contributed by atoms with Crippen LogP contribution in [0.4, 0.5) is 13.2 Å². The Bertz CT molecular complexity index is 262. The third-order valence-electron chi connectivity index (χ3n) is 1.38. The summed E-state index contributed by atoms with van der Waals surface area (Å²) in [7, 11) is 0. The largest absolute Gasteiger partial charge is 0.401 e. The average molecular weight is 243 g/mol. The number of thioether (sulfide) groups is 1. The smallest absolute Gasteiger partial charge is 0.330 e. The molecular formula is C6H8F3N3S2. The first kappa shape index (κ1) is 11.7. The Hall–Kier alpha value is -0.340. The topological polar surface area (TPSA) is 51.8 Å². The predicted molar refractivity (Wildman–Crippen MR) is 49.3 cm³/mol. The Labute approximate surface area is 87.1 Å². The number of hydrogen-bond donors (Lipinski definition) is 1. The van der Waals surface area contributed by atoms with Crippen molar-refractivity contribution >= 4 is 23.3 Å². The molecule has 0 fully saturated rings. The molecule has 80 valence electrons. The molecule has 14 heavy (non-hydrogen) atoms. The molecule has 0 spiro atoms. The lowest BCUT2D eigenvalue weighted by molar-refractivity contribution is -0.129. The van der Waals surface area contributed by atoms with Gasteiger partial charge in [0.05, 0.1) is 0 Å². The third-order valence-corrected chi connectivity index (χ3v) is 3.45.